The van der Waals surface area contributed by atoms with Crippen LogP contribution >= 0.6 is 11.6 Å². The average molecular weight is 272 g/mol. The maximum absolute atomic E-state index is 13.8. The second-order valence-corrected chi connectivity index (χ2v) is 5.01. The molecule has 0 N–H and O–H groups in total. The summed E-state index contributed by atoms with van der Waals surface area (Å²) in [6.07, 6.45) is 2.57. The van der Waals surface area contributed by atoms with Crippen LogP contribution < -0.4 is 4.90 Å². The minimum atomic E-state index is -0.331. The molecule has 100 valence electrons. The van der Waals surface area contributed by atoms with Gasteiger partial charge in [0.15, 0.2) is 11.6 Å². The number of aromatic nitrogens is 1. The standard InChI is InChI=1S/C13H19ClFN3/c1-3-17(4-2)11-5-6-18(9-11)13-12(15)7-10(14)8-16-13/h7-8,11H,3-6,9H2,1-2H3. The van der Waals surface area contributed by atoms with Crippen molar-refractivity contribution in [1.29, 1.82) is 0 Å². The first-order chi connectivity index (χ1) is 8.65. The smallest absolute Gasteiger partial charge is 0.167 e. The highest BCUT2D eigenvalue weighted by atomic mass is 35.5. The fourth-order valence-electron chi connectivity index (χ4n) is 2.61. The van der Waals surface area contributed by atoms with Crippen LogP contribution in [0.25, 0.3) is 0 Å². The minimum absolute atomic E-state index is 0.331. The Kier molecular flexibility index (Phi) is 4.40. The lowest BCUT2D eigenvalue weighted by Crippen LogP contribution is -2.37. The Morgan fingerprint density at radius 1 is 1.50 bits per heavy atom. The fourth-order valence-corrected chi connectivity index (χ4v) is 2.76. The van der Waals surface area contributed by atoms with Crippen LogP contribution in [0.2, 0.25) is 5.02 Å². The second-order valence-electron chi connectivity index (χ2n) is 4.57. The largest absolute Gasteiger partial charge is 0.353 e. The van der Waals surface area contributed by atoms with E-state index < -0.39 is 0 Å². The summed E-state index contributed by atoms with van der Waals surface area (Å²) in [5, 5.41) is 0.343. The van der Waals surface area contributed by atoms with E-state index in [0.29, 0.717) is 16.9 Å². The zero-order valence-electron chi connectivity index (χ0n) is 10.9. The quantitative estimate of drug-likeness (QED) is 0.839. The van der Waals surface area contributed by atoms with Gasteiger partial charge in [0.25, 0.3) is 0 Å². The predicted octanol–water partition coefficient (Wildman–Crippen LogP) is 2.79. The van der Waals surface area contributed by atoms with Gasteiger partial charge in [-0.3, -0.25) is 4.90 Å². The van der Waals surface area contributed by atoms with Crippen LogP contribution in [0.5, 0.6) is 0 Å². The summed E-state index contributed by atoms with van der Waals surface area (Å²) in [5.74, 6) is 0.0942. The van der Waals surface area contributed by atoms with Crippen LogP contribution in [0.1, 0.15) is 20.3 Å². The zero-order chi connectivity index (χ0) is 13.1. The summed E-state index contributed by atoms with van der Waals surface area (Å²) in [5.41, 5.74) is 0. The molecule has 18 heavy (non-hydrogen) atoms. The average Bonchev–Trinajstić information content (AvgIpc) is 2.80. The van der Waals surface area contributed by atoms with E-state index in [2.05, 4.69) is 23.7 Å². The lowest BCUT2D eigenvalue weighted by Gasteiger charge is -2.26. The van der Waals surface area contributed by atoms with Gasteiger partial charge in [-0.2, -0.15) is 0 Å². The van der Waals surface area contributed by atoms with Crippen molar-refractivity contribution >= 4 is 17.4 Å². The summed E-state index contributed by atoms with van der Waals surface area (Å²) < 4.78 is 13.8. The molecule has 0 aromatic carbocycles. The Morgan fingerprint density at radius 2 is 2.22 bits per heavy atom. The predicted molar refractivity (Wildman–Crippen MR) is 72.7 cm³/mol. The third-order valence-corrected chi connectivity index (χ3v) is 3.79. The Balaban J connectivity index is 2.08. The van der Waals surface area contributed by atoms with Crippen molar-refractivity contribution in [2.45, 2.75) is 26.3 Å². The maximum Gasteiger partial charge on any atom is 0.167 e. The van der Waals surface area contributed by atoms with Crippen molar-refractivity contribution in [3.05, 3.63) is 23.1 Å². The number of pyridine rings is 1. The first-order valence-electron chi connectivity index (χ1n) is 6.45. The molecule has 2 heterocycles. The Bertz CT molecular complexity index is 409. The summed E-state index contributed by atoms with van der Waals surface area (Å²) in [6, 6.07) is 1.83. The van der Waals surface area contributed by atoms with Crippen LogP contribution in [0.15, 0.2) is 12.3 Å². The SMILES string of the molecule is CCN(CC)C1CCN(c2ncc(Cl)cc2F)C1. The molecule has 1 aromatic heterocycles. The third-order valence-electron chi connectivity index (χ3n) is 3.58. The number of rotatable bonds is 4. The summed E-state index contributed by atoms with van der Waals surface area (Å²) >= 11 is 5.72. The van der Waals surface area contributed by atoms with Crippen molar-refractivity contribution in [1.82, 2.24) is 9.88 Å². The molecular formula is C13H19ClFN3. The number of nitrogens with zero attached hydrogens (tertiary/aromatic N) is 3. The van der Waals surface area contributed by atoms with E-state index in [1.165, 1.54) is 12.3 Å². The van der Waals surface area contributed by atoms with E-state index in [1.54, 1.807) is 0 Å². The van der Waals surface area contributed by atoms with E-state index in [1.807, 2.05) is 4.90 Å². The van der Waals surface area contributed by atoms with E-state index in [-0.39, 0.29) is 5.82 Å². The van der Waals surface area contributed by atoms with Crippen LogP contribution in [0.3, 0.4) is 0 Å². The molecule has 0 spiro atoms. The van der Waals surface area contributed by atoms with Gasteiger partial charge in [-0.1, -0.05) is 25.4 Å². The lowest BCUT2D eigenvalue weighted by atomic mass is 10.2. The number of halogens is 2. The van der Waals surface area contributed by atoms with Gasteiger partial charge in [0.1, 0.15) is 0 Å². The summed E-state index contributed by atoms with van der Waals surface area (Å²) in [6.45, 7) is 8.08. The molecule has 1 aromatic rings. The number of hydrogen-bond acceptors (Lipinski definition) is 3. The van der Waals surface area contributed by atoms with Crippen LogP contribution in [-0.2, 0) is 0 Å². The van der Waals surface area contributed by atoms with Crippen molar-refractivity contribution < 1.29 is 4.39 Å². The van der Waals surface area contributed by atoms with Crippen LogP contribution in [0.4, 0.5) is 10.2 Å². The number of hydrogen-bond donors (Lipinski definition) is 0. The van der Waals surface area contributed by atoms with Crippen LogP contribution in [0, 0.1) is 5.82 Å². The first-order valence-corrected chi connectivity index (χ1v) is 6.83. The lowest BCUT2D eigenvalue weighted by molar-refractivity contribution is 0.232. The third kappa shape index (κ3) is 2.75. The Labute approximate surface area is 113 Å². The monoisotopic (exact) mass is 271 g/mol. The molecule has 1 aliphatic rings. The summed E-state index contributed by atoms with van der Waals surface area (Å²) in [4.78, 5) is 8.52. The molecule has 2 rings (SSSR count). The fraction of sp³-hybridized carbons (Fsp3) is 0.615. The van der Waals surface area contributed by atoms with Crippen molar-refractivity contribution in [3.63, 3.8) is 0 Å². The molecule has 0 saturated carbocycles. The highest BCUT2D eigenvalue weighted by Gasteiger charge is 2.28. The zero-order valence-corrected chi connectivity index (χ0v) is 11.6. The molecule has 1 aliphatic heterocycles. The molecule has 5 heteroatoms. The molecule has 0 bridgehead atoms. The van der Waals surface area contributed by atoms with Crippen molar-refractivity contribution in [2.24, 2.45) is 0 Å². The molecule has 0 aliphatic carbocycles. The molecule has 0 radical (unpaired) electrons. The molecular weight excluding hydrogens is 253 g/mol. The van der Waals surface area contributed by atoms with Gasteiger partial charge >= 0.3 is 0 Å². The molecule has 1 saturated heterocycles. The van der Waals surface area contributed by atoms with Gasteiger partial charge in [0.2, 0.25) is 0 Å². The van der Waals surface area contributed by atoms with E-state index in [0.717, 1.165) is 32.6 Å². The molecule has 1 atom stereocenters. The number of anilines is 1. The van der Waals surface area contributed by atoms with Crippen molar-refractivity contribution in [2.75, 3.05) is 31.1 Å². The van der Waals surface area contributed by atoms with E-state index in [4.69, 9.17) is 11.6 Å². The topological polar surface area (TPSA) is 19.4 Å². The number of likely N-dealkylation sites (N-methyl/N-ethyl adjacent to an activating group) is 1. The van der Waals surface area contributed by atoms with Crippen LogP contribution in [-0.4, -0.2) is 42.1 Å². The van der Waals surface area contributed by atoms with Gasteiger partial charge in [0.05, 0.1) is 5.02 Å². The minimum Gasteiger partial charge on any atom is -0.353 e. The second kappa shape index (κ2) is 5.85. The first kappa shape index (κ1) is 13.6. The molecule has 3 nitrogen and oxygen atoms in total. The summed E-state index contributed by atoms with van der Waals surface area (Å²) in [7, 11) is 0. The van der Waals surface area contributed by atoms with E-state index >= 15 is 0 Å². The highest BCUT2D eigenvalue weighted by Crippen LogP contribution is 2.25. The highest BCUT2D eigenvalue weighted by molar-refractivity contribution is 6.30. The Hall–Kier alpha value is -0.870. The van der Waals surface area contributed by atoms with Gasteiger partial charge in [-0.15, -0.1) is 0 Å². The van der Waals surface area contributed by atoms with Crippen molar-refractivity contribution in [3.8, 4) is 0 Å². The normalized spacial score (nSPS) is 19.8. The van der Waals surface area contributed by atoms with Gasteiger partial charge < -0.3 is 4.90 Å². The molecule has 1 unspecified atom stereocenters. The molecule has 1 fully saturated rings. The van der Waals surface area contributed by atoms with Gasteiger partial charge in [0, 0.05) is 25.3 Å². The molecule has 0 amide bonds. The van der Waals surface area contributed by atoms with Gasteiger partial charge in [-0.05, 0) is 25.6 Å². The maximum atomic E-state index is 13.8. The Morgan fingerprint density at radius 3 is 2.83 bits per heavy atom. The van der Waals surface area contributed by atoms with Gasteiger partial charge in [-0.25, -0.2) is 9.37 Å². The van der Waals surface area contributed by atoms with E-state index in [9.17, 15) is 4.39 Å².